The van der Waals surface area contributed by atoms with Crippen molar-refractivity contribution in [2.24, 2.45) is 0 Å². The SMILES string of the molecule is CCN1CCC[C@@H]1CNC(C)(C)C. The minimum absolute atomic E-state index is 0.266. The van der Waals surface area contributed by atoms with Gasteiger partial charge in [-0.25, -0.2) is 0 Å². The first-order valence-electron chi connectivity index (χ1n) is 5.52. The molecule has 0 aromatic heterocycles. The van der Waals surface area contributed by atoms with Gasteiger partial charge in [-0.3, -0.25) is 4.90 Å². The summed E-state index contributed by atoms with van der Waals surface area (Å²) in [4.78, 5) is 2.58. The number of nitrogens with zero attached hydrogens (tertiary/aromatic N) is 1. The van der Waals surface area contributed by atoms with Crippen molar-refractivity contribution in [3.63, 3.8) is 0 Å². The molecule has 0 aromatic rings. The Morgan fingerprint density at radius 1 is 1.38 bits per heavy atom. The molecule has 0 bridgehead atoms. The van der Waals surface area contributed by atoms with E-state index >= 15 is 0 Å². The lowest BCUT2D eigenvalue weighted by Gasteiger charge is -2.28. The van der Waals surface area contributed by atoms with E-state index in [9.17, 15) is 0 Å². The molecule has 1 fully saturated rings. The molecule has 0 aromatic carbocycles. The smallest absolute Gasteiger partial charge is 0.0221 e. The molecule has 13 heavy (non-hydrogen) atoms. The predicted molar refractivity (Wildman–Crippen MR) is 58.0 cm³/mol. The third kappa shape index (κ3) is 3.65. The summed E-state index contributed by atoms with van der Waals surface area (Å²) in [6.07, 6.45) is 2.75. The minimum Gasteiger partial charge on any atom is -0.311 e. The summed E-state index contributed by atoms with van der Waals surface area (Å²) in [5, 5.41) is 3.59. The molecule has 0 aliphatic carbocycles. The van der Waals surface area contributed by atoms with Gasteiger partial charge in [0.1, 0.15) is 0 Å². The molecule has 1 atom stereocenters. The van der Waals surface area contributed by atoms with Gasteiger partial charge >= 0.3 is 0 Å². The highest BCUT2D eigenvalue weighted by Crippen LogP contribution is 2.16. The summed E-state index contributed by atoms with van der Waals surface area (Å²) >= 11 is 0. The molecule has 1 aliphatic rings. The molecule has 1 aliphatic heterocycles. The van der Waals surface area contributed by atoms with Crippen LogP contribution in [-0.4, -0.2) is 36.1 Å². The van der Waals surface area contributed by atoms with Gasteiger partial charge in [0.2, 0.25) is 0 Å². The van der Waals surface area contributed by atoms with Gasteiger partial charge in [0.25, 0.3) is 0 Å². The van der Waals surface area contributed by atoms with Crippen LogP contribution in [0.15, 0.2) is 0 Å². The number of hydrogen-bond donors (Lipinski definition) is 1. The fraction of sp³-hybridized carbons (Fsp3) is 1.00. The molecule has 78 valence electrons. The van der Waals surface area contributed by atoms with Gasteiger partial charge in [-0.1, -0.05) is 6.92 Å². The Balaban J connectivity index is 2.28. The molecule has 0 spiro atoms. The van der Waals surface area contributed by atoms with E-state index in [1.54, 1.807) is 0 Å². The Morgan fingerprint density at radius 2 is 2.08 bits per heavy atom. The van der Waals surface area contributed by atoms with E-state index in [1.165, 1.54) is 25.9 Å². The molecule has 2 nitrogen and oxygen atoms in total. The van der Waals surface area contributed by atoms with Gasteiger partial charge < -0.3 is 5.32 Å². The van der Waals surface area contributed by atoms with Crippen LogP contribution in [0.1, 0.15) is 40.5 Å². The topological polar surface area (TPSA) is 15.3 Å². The van der Waals surface area contributed by atoms with Gasteiger partial charge in [0.05, 0.1) is 0 Å². The highest BCUT2D eigenvalue weighted by atomic mass is 15.2. The van der Waals surface area contributed by atoms with Crippen molar-refractivity contribution < 1.29 is 0 Å². The van der Waals surface area contributed by atoms with Gasteiger partial charge in [-0.05, 0) is 46.7 Å². The Hall–Kier alpha value is -0.0800. The van der Waals surface area contributed by atoms with Crippen LogP contribution in [0.2, 0.25) is 0 Å². The predicted octanol–water partition coefficient (Wildman–Crippen LogP) is 1.86. The molecule has 0 saturated carbocycles. The van der Waals surface area contributed by atoms with Crippen LogP contribution in [0.5, 0.6) is 0 Å². The quantitative estimate of drug-likeness (QED) is 0.720. The highest BCUT2D eigenvalue weighted by Gasteiger charge is 2.23. The lowest BCUT2D eigenvalue weighted by atomic mass is 10.1. The summed E-state index contributed by atoms with van der Waals surface area (Å²) in [6, 6.07) is 0.782. The fourth-order valence-corrected chi connectivity index (χ4v) is 1.97. The van der Waals surface area contributed by atoms with E-state index in [0.717, 1.165) is 12.6 Å². The van der Waals surface area contributed by atoms with E-state index in [2.05, 4.69) is 37.9 Å². The van der Waals surface area contributed by atoms with Crippen LogP contribution in [-0.2, 0) is 0 Å². The summed E-state index contributed by atoms with van der Waals surface area (Å²) in [5.41, 5.74) is 0.266. The van der Waals surface area contributed by atoms with Crippen LogP contribution in [0, 0.1) is 0 Å². The van der Waals surface area contributed by atoms with Gasteiger partial charge in [-0.2, -0.15) is 0 Å². The summed E-state index contributed by atoms with van der Waals surface area (Å²) in [6.45, 7) is 12.6. The molecule has 1 N–H and O–H groups in total. The summed E-state index contributed by atoms with van der Waals surface area (Å²) < 4.78 is 0. The van der Waals surface area contributed by atoms with Crippen molar-refractivity contribution in [3.05, 3.63) is 0 Å². The Morgan fingerprint density at radius 3 is 2.62 bits per heavy atom. The van der Waals surface area contributed by atoms with Crippen molar-refractivity contribution in [1.82, 2.24) is 10.2 Å². The summed E-state index contributed by atoms with van der Waals surface area (Å²) in [5.74, 6) is 0. The zero-order chi connectivity index (χ0) is 9.90. The maximum absolute atomic E-state index is 3.59. The molecule has 0 amide bonds. The van der Waals surface area contributed by atoms with Crippen molar-refractivity contribution >= 4 is 0 Å². The number of likely N-dealkylation sites (N-methyl/N-ethyl adjacent to an activating group) is 1. The average Bonchev–Trinajstić information content (AvgIpc) is 2.46. The van der Waals surface area contributed by atoms with Gasteiger partial charge in [-0.15, -0.1) is 0 Å². The van der Waals surface area contributed by atoms with Crippen LogP contribution in [0.25, 0.3) is 0 Å². The maximum Gasteiger partial charge on any atom is 0.0221 e. The Labute approximate surface area is 82.7 Å². The summed E-state index contributed by atoms with van der Waals surface area (Å²) in [7, 11) is 0. The molecule has 2 heteroatoms. The Kier molecular flexibility index (Phi) is 3.74. The zero-order valence-corrected chi connectivity index (χ0v) is 9.56. The van der Waals surface area contributed by atoms with Crippen molar-refractivity contribution in [2.45, 2.75) is 52.1 Å². The second kappa shape index (κ2) is 4.43. The highest BCUT2D eigenvalue weighted by molar-refractivity contribution is 4.82. The second-order valence-electron chi connectivity index (χ2n) is 5.06. The number of likely N-dealkylation sites (tertiary alicyclic amines) is 1. The molecule has 1 rings (SSSR count). The average molecular weight is 184 g/mol. The van der Waals surface area contributed by atoms with Gasteiger partial charge in [0, 0.05) is 18.1 Å². The molecular weight excluding hydrogens is 160 g/mol. The van der Waals surface area contributed by atoms with E-state index in [4.69, 9.17) is 0 Å². The van der Waals surface area contributed by atoms with Crippen LogP contribution in [0.3, 0.4) is 0 Å². The zero-order valence-electron chi connectivity index (χ0n) is 9.56. The Bertz CT molecular complexity index is 149. The van der Waals surface area contributed by atoms with E-state index in [1.807, 2.05) is 0 Å². The van der Waals surface area contributed by atoms with Crippen LogP contribution >= 0.6 is 0 Å². The molecule has 1 heterocycles. The van der Waals surface area contributed by atoms with E-state index in [-0.39, 0.29) is 5.54 Å². The largest absolute Gasteiger partial charge is 0.311 e. The minimum atomic E-state index is 0.266. The molecule has 1 saturated heterocycles. The molecule has 0 unspecified atom stereocenters. The lowest BCUT2D eigenvalue weighted by Crippen LogP contribution is -2.45. The third-order valence-electron chi connectivity index (χ3n) is 2.77. The van der Waals surface area contributed by atoms with E-state index < -0.39 is 0 Å². The van der Waals surface area contributed by atoms with E-state index in [0.29, 0.717) is 0 Å². The molecule has 0 radical (unpaired) electrons. The van der Waals surface area contributed by atoms with Crippen molar-refractivity contribution in [1.29, 1.82) is 0 Å². The number of hydrogen-bond acceptors (Lipinski definition) is 2. The first-order chi connectivity index (χ1) is 6.03. The first-order valence-corrected chi connectivity index (χ1v) is 5.52. The van der Waals surface area contributed by atoms with Crippen molar-refractivity contribution in [3.8, 4) is 0 Å². The number of rotatable bonds is 3. The monoisotopic (exact) mass is 184 g/mol. The number of nitrogens with one attached hydrogen (secondary N) is 1. The lowest BCUT2D eigenvalue weighted by molar-refractivity contribution is 0.244. The first kappa shape index (κ1) is 11.0. The van der Waals surface area contributed by atoms with Crippen molar-refractivity contribution in [2.75, 3.05) is 19.6 Å². The van der Waals surface area contributed by atoms with Gasteiger partial charge in [0.15, 0.2) is 0 Å². The fourth-order valence-electron chi connectivity index (χ4n) is 1.97. The maximum atomic E-state index is 3.59. The second-order valence-corrected chi connectivity index (χ2v) is 5.06. The third-order valence-corrected chi connectivity index (χ3v) is 2.77. The van der Waals surface area contributed by atoms with Crippen LogP contribution in [0.4, 0.5) is 0 Å². The normalized spacial score (nSPS) is 25.4. The standard InChI is InChI=1S/C11H24N2/c1-5-13-8-6-7-10(13)9-12-11(2,3)4/h10,12H,5-9H2,1-4H3/t10-/m1/s1. The molecular formula is C11H24N2. The van der Waals surface area contributed by atoms with Crippen LogP contribution < -0.4 is 5.32 Å².